The zero-order valence-corrected chi connectivity index (χ0v) is 10.3. The smallest absolute Gasteiger partial charge is 0.127 e. The first-order valence-electron chi connectivity index (χ1n) is 6.43. The van der Waals surface area contributed by atoms with E-state index in [1.807, 2.05) is 6.07 Å². The molecule has 0 amide bonds. The summed E-state index contributed by atoms with van der Waals surface area (Å²) in [7, 11) is 0. The Labute approximate surface area is 102 Å². The number of benzene rings is 1. The Kier molecular flexibility index (Phi) is 2.68. The normalized spacial score (nSPS) is 30.7. The molecule has 0 saturated carbocycles. The summed E-state index contributed by atoms with van der Waals surface area (Å²) in [5, 5.41) is 6.98. The van der Waals surface area contributed by atoms with Gasteiger partial charge in [-0.15, -0.1) is 0 Å². The lowest BCUT2D eigenvalue weighted by atomic mass is 9.94. The summed E-state index contributed by atoms with van der Waals surface area (Å²) in [6.07, 6.45) is 0. The molecule has 2 nitrogen and oxygen atoms in total. The second kappa shape index (κ2) is 4.07. The molecule has 1 fully saturated rings. The predicted octanol–water partition coefficient (Wildman–Crippen LogP) is 2.18. The first-order chi connectivity index (χ1) is 8.18. The SMILES string of the molecule is CC(C)N[C@H]1c2cccc(F)c2[C@H]2CNC[C@H]21. The second-order valence-corrected chi connectivity index (χ2v) is 5.47. The average molecular weight is 234 g/mol. The van der Waals surface area contributed by atoms with E-state index in [9.17, 15) is 4.39 Å². The van der Waals surface area contributed by atoms with Crippen molar-refractivity contribution >= 4 is 0 Å². The Morgan fingerprint density at radius 2 is 2.18 bits per heavy atom. The molecule has 17 heavy (non-hydrogen) atoms. The van der Waals surface area contributed by atoms with Crippen LogP contribution < -0.4 is 10.6 Å². The maximum Gasteiger partial charge on any atom is 0.127 e. The van der Waals surface area contributed by atoms with Gasteiger partial charge >= 0.3 is 0 Å². The molecule has 0 aromatic heterocycles. The van der Waals surface area contributed by atoms with Gasteiger partial charge in [0.1, 0.15) is 5.82 Å². The molecule has 0 unspecified atom stereocenters. The number of nitrogens with one attached hydrogen (secondary N) is 2. The van der Waals surface area contributed by atoms with Gasteiger partial charge in [-0.25, -0.2) is 4.39 Å². The summed E-state index contributed by atoms with van der Waals surface area (Å²) in [6.45, 7) is 6.20. The van der Waals surface area contributed by atoms with Gasteiger partial charge in [-0.1, -0.05) is 26.0 Å². The third-order valence-electron chi connectivity index (χ3n) is 3.99. The van der Waals surface area contributed by atoms with Crippen molar-refractivity contribution in [2.45, 2.75) is 31.8 Å². The van der Waals surface area contributed by atoms with Crippen molar-refractivity contribution in [3.63, 3.8) is 0 Å². The van der Waals surface area contributed by atoms with E-state index in [0.29, 0.717) is 23.9 Å². The van der Waals surface area contributed by atoms with Crippen LogP contribution in [-0.4, -0.2) is 19.1 Å². The van der Waals surface area contributed by atoms with Crippen molar-refractivity contribution in [1.82, 2.24) is 10.6 Å². The molecule has 1 saturated heterocycles. The molecular weight excluding hydrogens is 215 g/mol. The van der Waals surface area contributed by atoms with E-state index >= 15 is 0 Å². The van der Waals surface area contributed by atoms with Crippen molar-refractivity contribution < 1.29 is 4.39 Å². The molecule has 2 N–H and O–H groups in total. The molecule has 1 aliphatic heterocycles. The van der Waals surface area contributed by atoms with Crippen LogP contribution in [0.15, 0.2) is 18.2 Å². The van der Waals surface area contributed by atoms with Gasteiger partial charge in [-0.2, -0.15) is 0 Å². The Morgan fingerprint density at radius 1 is 1.35 bits per heavy atom. The zero-order valence-electron chi connectivity index (χ0n) is 10.3. The summed E-state index contributed by atoms with van der Waals surface area (Å²) in [5.74, 6) is 0.820. The molecule has 1 heterocycles. The molecule has 0 bridgehead atoms. The minimum absolute atomic E-state index is 0.0331. The van der Waals surface area contributed by atoms with Crippen molar-refractivity contribution in [1.29, 1.82) is 0 Å². The first-order valence-corrected chi connectivity index (χ1v) is 6.43. The van der Waals surface area contributed by atoms with Crippen LogP contribution in [0.4, 0.5) is 4.39 Å². The van der Waals surface area contributed by atoms with E-state index in [2.05, 4.69) is 30.5 Å². The van der Waals surface area contributed by atoms with Crippen molar-refractivity contribution in [3.05, 3.63) is 35.1 Å². The molecule has 0 radical (unpaired) electrons. The molecule has 2 aliphatic rings. The predicted molar refractivity (Wildman–Crippen MR) is 66.5 cm³/mol. The van der Waals surface area contributed by atoms with E-state index < -0.39 is 0 Å². The van der Waals surface area contributed by atoms with Crippen LogP contribution in [0.2, 0.25) is 0 Å². The van der Waals surface area contributed by atoms with E-state index in [1.165, 1.54) is 5.56 Å². The van der Waals surface area contributed by atoms with Gasteiger partial charge in [0.05, 0.1) is 0 Å². The van der Waals surface area contributed by atoms with Gasteiger partial charge in [0.2, 0.25) is 0 Å². The van der Waals surface area contributed by atoms with Gasteiger partial charge in [-0.05, 0) is 23.1 Å². The topological polar surface area (TPSA) is 24.1 Å². The third kappa shape index (κ3) is 1.69. The maximum absolute atomic E-state index is 14.0. The first kappa shape index (κ1) is 11.2. The maximum atomic E-state index is 14.0. The molecular formula is C14H19FN2. The Balaban J connectivity index is 2.04. The second-order valence-electron chi connectivity index (χ2n) is 5.47. The minimum Gasteiger partial charge on any atom is -0.316 e. The third-order valence-corrected chi connectivity index (χ3v) is 3.99. The van der Waals surface area contributed by atoms with Crippen LogP contribution in [0.1, 0.15) is 36.9 Å². The van der Waals surface area contributed by atoms with Gasteiger partial charge in [0.25, 0.3) is 0 Å². The highest BCUT2D eigenvalue weighted by Crippen LogP contribution is 2.47. The largest absolute Gasteiger partial charge is 0.316 e. The van der Waals surface area contributed by atoms with Crippen molar-refractivity contribution in [3.8, 4) is 0 Å². The van der Waals surface area contributed by atoms with Crippen molar-refractivity contribution in [2.24, 2.45) is 5.92 Å². The molecule has 3 heteroatoms. The van der Waals surface area contributed by atoms with Crippen LogP contribution in [-0.2, 0) is 0 Å². The lowest BCUT2D eigenvalue weighted by molar-refractivity contribution is 0.365. The molecule has 1 aliphatic carbocycles. The summed E-state index contributed by atoms with van der Waals surface area (Å²) in [5.41, 5.74) is 2.12. The highest BCUT2D eigenvalue weighted by atomic mass is 19.1. The summed E-state index contributed by atoms with van der Waals surface area (Å²) < 4.78 is 14.0. The number of rotatable bonds is 2. The minimum atomic E-state index is -0.0331. The average Bonchev–Trinajstić information content (AvgIpc) is 2.82. The Hall–Kier alpha value is -0.930. The van der Waals surface area contributed by atoms with Crippen LogP contribution >= 0.6 is 0 Å². The fraction of sp³-hybridized carbons (Fsp3) is 0.571. The van der Waals surface area contributed by atoms with Crippen LogP contribution in [0, 0.1) is 11.7 Å². The molecule has 1 aromatic carbocycles. The number of hydrogen-bond acceptors (Lipinski definition) is 2. The van der Waals surface area contributed by atoms with Gasteiger partial charge in [-0.3, -0.25) is 0 Å². The monoisotopic (exact) mass is 234 g/mol. The summed E-state index contributed by atoms with van der Waals surface area (Å²) >= 11 is 0. The fourth-order valence-electron chi connectivity index (χ4n) is 3.38. The number of fused-ring (bicyclic) bond motifs is 3. The van der Waals surface area contributed by atoms with Crippen LogP contribution in [0.3, 0.4) is 0 Å². The number of hydrogen-bond donors (Lipinski definition) is 2. The molecule has 3 rings (SSSR count). The summed E-state index contributed by atoms with van der Waals surface area (Å²) in [4.78, 5) is 0. The number of halogens is 1. The lowest BCUT2D eigenvalue weighted by Gasteiger charge is -2.23. The molecule has 92 valence electrons. The van der Waals surface area contributed by atoms with E-state index in [-0.39, 0.29) is 5.82 Å². The Bertz CT molecular complexity index is 430. The van der Waals surface area contributed by atoms with Crippen LogP contribution in [0.25, 0.3) is 0 Å². The van der Waals surface area contributed by atoms with E-state index in [4.69, 9.17) is 0 Å². The zero-order chi connectivity index (χ0) is 12.0. The van der Waals surface area contributed by atoms with Gasteiger partial charge in [0, 0.05) is 31.1 Å². The fourth-order valence-corrected chi connectivity index (χ4v) is 3.38. The lowest BCUT2D eigenvalue weighted by Crippen LogP contribution is -2.32. The standard InChI is InChI=1S/C14H19FN2/c1-8(2)17-14-9-4-3-5-12(15)13(9)10-6-16-7-11(10)14/h3-5,8,10-11,14,16-17H,6-7H2,1-2H3/t10-,11+,14-/m0/s1. The molecule has 1 aromatic rings. The highest BCUT2D eigenvalue weighted by molar-refractivity contribution is 5.42. The van der Waals surface area contributed by atoms with Crippen molar-refractivity contribution in [2.75, 3.05) is 13.1 Å². The Morgan fingerprint density at radius 3 is 2.94 bits per heavy atom. The quantitative estimate of drug-likeness (QED) is 0.819. The van der Waals surface area contributed by atoms with E-state index in [1.54, 1.807) is 6.07 Å². The molecule has 0 spiro atoms. The van der Waals surface area contributed by atoms with Crippen LogP contribution in [0.5, 0.6) is 0 Å². The highest BCUT2D eigenvalue weighted by Gasteiger charge is 2.44. The van der Waals surface area contributed by atoms with Gasteiger partial charge < -0.3 is 10.6 Å². The van der Waals surface area contributed by atoms with E-state index in [0.717, 1.165) is 18.7 Å². The molecule has 3 atom stereocenters. The van der Waals surface area contributed by atoms with Gasteiger partial charge in [0.15, 0.2) is 0 Å². The summed E-state index contributed by atoms with van der Waals surface area (Å²) in [6, 6.07) is 6.23.